The van der Waals surface area contributed by atoms with Crippen LogP contribution in [0.4, 0.5) is 4.39 Å². The Hall–Kier alpha value is -2.76. The molecule has 0 fully saturated rings. The highest BCUT2D eigenvalue weighted by molar-refractivity contribution is 5.99. The van der Waals surface area contributed by atoms with Gasteiger partial charge in [0.05, 0.1) is 26.3 Å². The van der Waals surface area contributed by atoms with Crippen LogP contribution in [0.3, 0.4) is 0 Å². The Kier molecular flexibility index (Phi) is 4.84. The molecule has 126 valence electrons. The van der Waals surface area contributed by atoms with Gasteiger partial charge < -0.3 is 19.5 Å². The van der Waals surface area contributed by atoms with Crippen LogP contribution in [0.25, 0.3) is 0 Å². The Morgan fingerprint density at radius 1 is 1.08 bits per heavy atom. The lowest BCUT2D eigenvalue weighted by Crippen LogP contribution is -2.19. The Bertz CT molecular complexity index is 740. The van der Waals surface area contributed by atoms with E-state index in [2.05, 4.69) is 10.3 Å². The first-order valence-electron chi connectivity index (χ1n) is 7.64. The number of benzene rings is 2. The Morgan fingerprint density at radius 2 is 1.83 bits per heavy atom. The van der Waals surface area contributed by atoms with Gasteiger partial charge in [-0.15, -0.1) is 0 Å². The van der Waals surface area contributed by atoms with Crippen molar-refractivity contribution in [1.29, 1.82) is 0 Å². The number of nitrogens with zero attached hydrogens (tertiary/aromatic N) is 1. The van der Waals surface area contributed by atoms with Crippen LogP contribution in [0.5, 0.6) is 17.2 Å². The highest BCUT2D eigenvalue weighted by Crippen LogP contribution is 2.30. The van der Waals surface area contributed by atoms with Crippen LogP contribution in [0.15, 0.2) is 41.4 Å². The van der Waals surface area contributed by atoms with E-state index in [9.17, 15) is 4.39 Å². The van der Waals surface area contributed by atoms with Crippen LogP contribution in [-0.2, 0) is 6.61 Å². The van der Waals surface area contributed by atoms with E-state index >= 15 is 0 Å². The standard InChI is InChI=1S/C18H19FN2O3/c1-22-15-4-3-5-16(23-2)13(15)11-24-17-7-6-12(10-14(17)19)18-20-8-9-21-18/h3-7,10H,8-9,11H2,1-2H3,(H,20,21). The van der Waals surface area contributed by atoms with Crippen molar-refractivity contribution in [3.8, 4) is 17.2 Å². The van der Waals surface area contributed by atoms with Gasteiger partial charge >= 0.3 is 0 Å². The monoisotopic (exact) mass is 330 g/mol. The second-order valence-corrected chi connectivity index (χ2v) is 5.23. The number of halogens is 1. The molecule has 1 N–H and O–H groups in total. The minimum absolute atomic E-state index is 0.142. The Balaban J connectivity index is 1.78. The lowest BCUT2D eigenvalue weighted by Gasteiger charge is -2.14. The largest absolute Gasteiger partial charge is 0.496 e. The van der Waals surface area contributed by atoms with Crippen LogP contribution in [0, 0.1) is 5.82 Å². The lowest BCUT2D eigenvalue weighted by molar-refractivity contribution is 0.274. The van der Waals surface area contributed by atoms with E-state index in [1.165, 1.54) is 6.07 Å². The molecule has 2 aromatic rings. The molecule has 1 aliphatic heterocycles. The van der Waals surface area contributed by atoms with Gasteiger partial charge in [0, 0.05) is 12.1 Å². The molecule has 0 amide bonds. The topological polar surface area (TPSA) is 52.1 Å². The molecule has 0 unspecified atom stereocenters. The van der Waals surface area contributed by atoms with Gasteiger partial charge in [-0.05, 0) is 30.3 Å². The first-order chi connectivity index (χ1) is 11.7. The van der Waals surface area contributed by atoms with E-state index < -0.39 is 5.82 Å². The molecule has 3 rings (SSSR count). The van der Waals surface area contributed by atoms with Gasteiger partial charge in [0.15, 0.2) is 11.6 Å². The molecular weight excluding hydrogens is 311 g/mol. The maximum atomic E-state index is 14.3. The average molecular weight is 330 g/mol. The zero-order valence-electron chi connectivity index (χ0n) is 13.6. The summed E-state index contributed by atoms with van der Waals surface area (Å²) in [6.45, 7) is 1.63. The number of ether oxygens (including phenoxy) is 3. The number of hydrogen-bond donors (Lipinski definition) is 1. The minimum atomic E-state index is -0.433. The molecule has 2 aromatic carbocycles. The van der Waals surface area contributed by atoms with Crippen molar-refractivity contribution < 1.29 is 18.6 Å². The summed E-state index contributed by atoms with van der Waals surface area (Å²) >= 11 is 0. The predicted molar refractivity (Wildman–Crippen MR) is 89.7 cm³/mol. The van der Waals surface area contributed by atoms with Gasteiger partial charge in [0.1, 0.15) is 23.9 Å². The summed E-state index contributed by atoms with van der Waals surface area (Å²) < 4.78 is 30.6. The van der Waals surface area contributed by atoms with E-state index in [1.807, 2.05) is 18.2 Å². The first-order valence-corrected chi connectivity index (χ1v) is 7.64. The summed E-state index contributed by atoms with van der Waals surface area (Å²) in [4.78, 5) is 4.28. The average Bonchev–Trinajstić information content (AvgIpc) is 3.15. The van der Waals surface area contributed by atoms with Crippen LogP contribution in [0.2, 0.25) is 0 Å². The lowest BCUT2D eigenvalue weighted by atomic mass is 10.1. The molecule has 24 heavy (non-hydrogen) atoms. The third-order valence-corrected chi connectivity index (χ3v) is 3.78. The van der Waals surface area contributed by atoms with Crippen molar-refractivity contribution >= 4 is 5.84 Å². The van der Waals surface area contributed by atoms with Crippen LogP contribution < -0.4 is 19.5 Å². The molecule has 0 aromatic heterocycles. The number of nitrogens with one attached hydrogen (secondary N) is 1. The first kappa shape index (κ1) is 16.1. The van der Waals surface area contributed by atoms with Crippen LogP contribution >= 0.6 is 0 Å². The molecule has 0 atom stereocenters. The molecule has 0 saturated carbocycles. The highest BCUT2D eigenvalue weighted by atomic mass is 19.1. The maximum Gasteiger partial charge on any atom is 0.165 e. The van der Waals surface area contributed by atoms with Gasteiger partial charge in [-0.2, -0.15) is 0 Å². The number of amidine groups is 1. The molecular formula is C18H19FN2O3. The summed E-state index contributed by atoms with van der Waals surface area (Å²) in [6.07, 6.45) is 0. The van der Waals surface area contributed by atoms with Gasteiger partial charge in [0.2, 0.25) is 0 Å². The number of aliphatic imine (C=N–C) groups is 1. The van der Waals surface area contributed by atoms with E-state index in [4.69, 9.17) is 14.2 Å². The summed E-state index contributed by atoms with van der Waals surface area (Å²) in [6, 6.07) is 10.3. The molecule has 1 heterocycles. The maximum absolute atomic E-state index is 14.3. The molecule has 0 aliphatic carbocycles. The third-order valence-electron chi connectivity index (χ3n) is 3.78. The summed E-state index contributed by atoms with van der Waals surface area (Å²) in [5.74, 6) is 1.72. The van der Waals surface area contributed by atoms with Crippen molar-refractivity contribution in [3.63, 3.8) is 0 Å². The molecule has 1 aliphatic rings. The Morgan fingerprint density at radius 3 is 2.42 bits per heavy atom. The fourth-order valence-electron chi connectivity index (χ4n) is 2.58. The van der Waals surface area contributed by atoms with Gasteiger partial charge in [-0.1, -0.05) is 6.07 Å². The summed E-state index contributed by atoms with van der Waals surface area (Å²) in [5.41, 5.74) is 1.44. The second kappa shape index (κ2) is 7.21. The third kappa shape index (κ3) is 3.27. The molecule has 6 heteroatoms. The molecule has 0 spiro atoms. The Labute approximate surface area is 140 Å². The molecule has 0 saturated heterocycles. The normalized spacial score (nSPS) is 13.2. The van der Waals surface area contributed by atoms with Gasteiger partial charge in [-0.25, -0.2) is 4.39 Å². The quantitative estimate of drug-likeness (QED) is 0.885. The fourth-order valence-corrected chi connectivity index (χ4v) is 2.58. The van der Waals surface area contributed by atoms with Crippen molar-refractivity contribution in [1.82, 2.24) is 5.32 Å². The van der Waals surface area contributed by atoms with Crippen molar-refractivity contribution in [2.75, 3.05) is 27.3 Å². The molecule has 0 bridgehead atoms. The number of methoxy groups -OCH3 is 2. The molecule has 0 radical (unpaired) electrons. The van der Waals surface area contributed by atoms with Crippen molar-refractivity contribution in [2.45, 2.75) is 6.61 Å². The van der Waals surface area contributed by atoms with E-state index in [0.717, 1.165) is 12.1 Å². The fraction of sp³-hybridized carbons (Fsp3) is 0.278. The number of hydrogen-bond acceptors (Lipinski definition) is 5. The zero-order chi connectivity index (χ0) is 16.9. The van der Waals surface area contributed by atoms with E-state index in [1.54, 1.807) is 26.4 Å². The van der Waals surface area contributed by atoms with Crippen molar-refractivity contribution in [2.24, 2.45) is 4.99 Å². The van der Waals surface area contributed by atoms with Gasteiger partial charge in [0.25, 0.3) is 0 Å². The van der Waals surface area contributed by atoms with E-state index in [-0.39, 0.29) is 12.4 Å². The SMILES string of the molecule is COc1cccc(OC)c1COc1ccc(C2=NCCN2)cc1F. The highest BCUT2D eigenvalue weighted by Gasteiger charge is 2.14. The number of rotatable bonds is 6. The smallest absolute Gasteiger partial charge is 0.165 e. The summed E-state index contributed by atoms with van der Waals surface area (Å²) in [7, 11) is 3.14. The van der Waals surface area contributed by atoms with Crippen molar-refractivity contribution in [3.05, 3.63) is 53.3 Å². The predicted octanol–water partition coefficient (Wildman–Crippen LogP) is 2.77. The second-order valence-electron chi connectivity index (χ2n) is 5.23. The zero-order valence-corrected chi connectivity index (χ0v) is 13.6. The summed E-state index contributed by atoms with van der Waals surface area (Å²) in [5, 5.41) is 3.12. The van der Waals surface area contributed by atoms with E-state index in [0.29, 0.717) is 29.4 Å². The molecule has 5 nitrogen and oxygen atoms in total. The van der Waals surface area contributed by atoms with Crippen LogP contribution in [-0.4, -0.2) is 33.1 Å². The minimum Gasteiger partial charge on any atom is -0.496 e. The van der Waals surface area contributed by atoms with Crippen LogP contribution in [0.1, 0.15) is 11.1 Å². The van der Waals surface area contributed by atoms with Gasteiger partial charge in [-0.3, -0.25) is 4.99 Å².